The van der Waals surface area contributed by atoms with Crippen LogP contribution in [0.1, 0.15) is 40.9 Å². The number of carbonyl (C=O) groups is 2. The topological polar surface area (TPSA) is 83.8 Å². The van der Waals surface area contributed by atoms with Crippen molar-refractivity contribution in [2.45, 2.75) is 25.9 Å². The highest BCUT2D eigenvalue weighted by atomic mass is 35.5. The van der Waals surface area contributed by atoms with E-state index in [2.05, 4.69) is 0 Å². The van der Waals surface area contributed by atoms with Crippen molar-refractivity contribution < 1.29 is 24.5 Å². The van der Waals surface area contributed by atoms with Crippen LogP contribution in [0, 0.1) is 0 Å². The summed E-state index contributed by atoms with van der Waals surface area (Å²) in [5.41, 5.74) is 0.924. The van der Waals surface area contributed by atoms with Crippen LogP contribution >= 0.6 is 11.6 Å². The number of carboxylic acids is 1. The van der Waals surface area contributed by atoms with Crippen molar-refractivity contribution in [3.63, 3.8) is 0 Å². The summed E-state index contributed by atoms with van der Waals surface area (Å²) in [5.74, 6) is -1.58. The highest BCUT2D eigenvalue weighted by Crippen LogP contribution is 2.22. The molecule has 0 radical (unpaired) electrons. The first kappa shape index (κ1) is 16.5. The third kappa shape index (κ3) is 4.21. The number of aliphatic carboxylic acids is 1. The van der Waals surface area contributed by atoms with Crippen molar-refractivity contribution >= 4 is 23.5 Å². The van der Waals surface area contributed by atoms with Crippen LogP contribution < -0.4 is 0 Å². The molecule has 0 aromatic heterocycles. The molecule has 0 aliphatic heterocycles. The van der Waals surface area contributed by atoms with Gasteiger partial charge in [0.1, 0.15) is 0 Å². The lowest BCUT2D eigenvalue weighted by atomic mass is 9.97. The highest BCUT2D eigenvalue weighted by Gasteiger charge is 2.23. The maximum Gasteiger partial charge on any atom is 0.338 e. The first-order valence-electron chi connectivity index (χ1n) is 6.28. The number of hydrogen-bond donors (Lipinski definition) is 2. The Morgan fingerprint density at radius 1 is 1.40 bits per heavy atom. The van der Waals surface area contributed by atoms with E-state index in [1.165, 1.54) is 12.1 Å². The second-order valence-electron chi connectivity index (χ2n) is 4.18. The summed E-state index contributed by atoms with van der Waals surface area (Å²) in [7, 11) is 0. The van der Waals surface area contributed by atoms with Crippen LogP contribution in [-0.2, 0) is 16.0 Å². The lowest BCUT2D eigenvalue weighted by Gasteiger charge is -2.13. The van der Waals surface area contributed by atoms with E-state index in [1.54, 1.807) is 13.0 Å². The van der Waals surface area contributed by atoms with E-state index in [0.717, 1.165) is 12.0 Å². The number of alkyl halides is 1. The molecule has 6 heteroatoms. The molecule has 0 saturated heterocycles. The first-order valence-corrected chi connectivity index (χ1v) is 6.81. The highest BCUT2D eigenvalue weighted by molar-refractivity contribution is 6.17. The predicted molar refractivity (Wildman–Crippen MR) is 74.0 cm³/mol. The standard InChI is InChI=1S/C14H17ClO5/c1-2-20-14(19)10-6-5-9(4-3-7-15)8-11(10)12(16)13(17)18/h5-6,8,12,16H,2-4,7H2,1H3,(H,17,18). The van der Waals surface area contributed by atoms with Crippen LogP contribution in [0.5, 0.6) is 0 Å². The number of benzene rings is 1. The molecule has 2 N–H and O–H groups in total. The molecule has 0 bridgehead atoms. The molecule has 0 spiro atoms. The molecule has 0 aliphatic carbocycles. The number of carboxylic acid groups (broad SMARTS) is 1. The molecule has 0 aliphatic rings. The minimum absolute atomic E-state index is 0.0445. The van der Waals surface area contributed by atoms with E-state index in [1.807, 2.05) is 0 Å². The monoisotopic (exact) mass is 300 g/mol. The first-order chi connectivity index (χ1) is 9.51. The zero-order valence-electron chi connectivity index (χ0n) is 11.1. The van der Waals surface area contributed by atoms with Crippen LogP contribution in [0.3, 0.4) is 0 Å². The van der Waals surface area contributed by atoms with Crippen molar-refractivity contribution in [3.05, 3.63) is 34.9 Å². The van der Waals surface area contributed by atoms with Gasteiger partial charge in [0.15, 0.2) is 6.10 Å². The van der Waals surface area contributed by atoms with Gasteiger partial charge in [-0.05, 0) is 31.4 Å². The van der Waals surface area contributed by atoms with Crippen molar-refractivity contribution in [1.82, 2.24) is 0 Å². The van der Waals surface area contributed by atoms with Gasteiger partial charge in [-0.1, -0.05) is 12.1 Å². The van der Waals surface area contributed by atoms with Gasteiger partial charge in [-0.3, -0.25) is 0 Å². The molecule has 20 heavy (non-hydrogen) atoms. The van der Waals surface area contributed by atoms with Crippen molar-refractivity contribution in [2.75, 3.05) is 12.5 Å². The summed E-state index contributed by atoms with van der Waals surface area (Å²) in [5, 5.41) is 18.6. The Balaban J connectivity index is 3.15. The maximum atomic E-state index is 11.8. The van der Waals surface area contributed by atoms with E-state index >= 15 is 0 Å². The second-order valence-corrected chi connectivity index (χ2v) is 4.55. The van der Waals surface area contributed by atoms with Gasteiger partial charge < -0.3 is 14.9 Å². The molecule has 5 nitrogen and oxygen atoms in total. The molecular weight excluding hydrogens is 284 g/mol. The molecule has 1 rings (SSSR count). The summed E-state index contributed by atoms with van der Waals surface area (Å²) < 4.78 is 4.86. The van der Waals surface area contributed by atoms with Gasteiger partial charge in [0, 0.05) is 11.4 Å². The van der Waals surface area contributed by atoms with E-state index in [-0.39, 0.29) is 17.7 Å². The lowest BCUT2D eigenvalue weighted by molar-refractivity contribution is -0.146. The van der Waals surface area contributed by atoms with Gasteiger partial charge in [0.05, 0.1) is 12.2 Å². The Morgan fingerprint density at radius 2 is 2.10 bits per heavy atom. The molecule has 1 aromatic carbocycles. The summed E-state index contributed by atoms with van der Waals surface area (Å²) >= 11 is 5.61. The van der Waals surface area contributed by atoms with E-state index in [4.69, 9.17) is 21.4 Å². The minimum Gasteiger partial charge on any atom is -0.479 e. The third-order valence-electron chi connectivity index (χ3n) is 2.74. The Morgan fingerprint density at radius 3 is 2.65 bits per heavy atom. The molecule has 110 valence electrons. The zero-order chi connectivity index (χ0) is 15.1. The third-order valence-corrected chi connectivity index (χ3v) is 3.01. The number of rotatable bonds is 7. The van der Waals surface area contributed by atoms with E-state index < -0.39 is 18.0 Å². The Hall–Kier alpha value is -1.59. The zero-order valence-corrected chi connectivity index (χ0v) is 11.9. The number of aryl methyl sites for hydroxylation is 1. The average molecular weight is 301 g/mol. The molecule has 0 amide bonds. The number of ether oxygens (including phenoxy) is 1. The normalized spacial score (nSPS) is 11.9. The molecular formula is C14H17ClO5. The average Bonchev–Trinajstić information content (AvgIpc) is 2.44. The molecule has 0 fully saturated rings. The second kappa shape index (κ2) is 7.87. The lowest BCUT2D eigenvalue weighted by Crippen LogP contribution is -2.17. The Kier molecular flexibility index (Phi) is 6.48. The number of halogens is 1. The van der Waals surface area contributed by atoms with Gasteiger partial charge >= 0.3 is 11.9 Å². The predicted octanol–water partition coefficient (Wildman–Crippen LogP) is 2.15. The van der Waals surface area contributed by atoms with Gasteiger partial charge in [0.2, 0.25) is 0 Å². The smallest absolute Gasteiger partial charge is 0.338 e. The van der Waals surface area contributed by atoms with Crippen LogP contribution in [-0.4, -0.2) is 34.6 Å². The molecule has 1 atom stereocenters. The van der Waals surface area contributed by atoms with Crippen molar-refractivity contribution in [1.29, 1.82) is 0 Å². The fourth-order valence-corrected chi connectivity index (χ4v) is 1.93. The number of esters is 1. The van der Waals surface area contributed by atoms with E-state index in [9.17, 15) is 14.7 Å². The maximum absolute atomic E-state index is 11.8. The van der Waals surface area contributed by atoms with Crippen LogP contribution in [0.15, 0.2) is 18.2 Å². The van der Waals surface area contributed by atoms with Crippen molar-refractivity contribution in [3.8, 4) is 0 Å². The van der Waals surface area contributed by atoms with Crippen molar-refractivity contribution in [2.24, 2.45) is 0 Å². The van der Waals surface area contributed by atoms with Crippen LogP contribution in [0.2, 0.25) is 0 Å². The molecule has 0 heterocycles. The fourth-order valence-electron chi connectivity index (χ4n) is 1.79. The van der Waals surface area contributed by atoms with E-state index in [0.29, 0.717) is 12.3 Å². The summed E-state index contributed by atoms with van der Waals surface area (Å²) in [6.07, 6.45) is -0.389. The quantitative estimate of drug-likeness (QED) is 0.595. The molecule has 0 saturated carbocycles. The van der Waals surface area contributed by atoms with Gasteiger partial charge in [-0.2, -0.15) is 0 Å². The van der Waals surface area contributed by atoms with Gasteiger partial charge in [-0.15, -0.1) is 11.6 Å². The number of carbonyl (C=O) groups excluding carboxylic acids is 1. The van der Waals surface area contributed by atoms with Gasteiger partial charge in [-0.25, -0.2) is 9.59 Å². The fraction of sp³-hybridized carbons (Fsp3) is 0.429. The minimum atomic E-state index is -1.76. The summed E-state index contributed by atoms with van der Waals surface area (Å²) in [6.45, 7) is 1.83. The SMILES string of the molecule is CCOC(=O)c1ccc(CCCCl)cc1C(O)C(=O)O. The largest absolute Gasteiger partial charge is 0.479 e. The van der Waals surface area contributed by atoms with Gasteiger partial charge in [0.25, 0.3) is 0 Å². The molecule has 1 aromatic rings. The number of aliphatic hydroxyl groups excluding tert-OH is 1. The number of aliphatic hydroxyl groups is 1. The Labute approximate surface area is 122 Å². The Bertz CT molecular complexity index is 486. The van der Waals surface area contributed by atoms with Crippen LogP contribution in [0.25, 0.3) is 0 Å². The summed E-state index contributed by atoms with van der Waals surface area (Å²) in [4.78, 5) is 22.7. The van der Waals surface area contributed by atoms with Crippen LogP contribution in [0.4, 0.5) is 0 Å². The number of hydrogen-bond acceptors (Lipinski definition) is 4. The molecule has 1 unspecified atom stereocenters. The summed E-state index contributed by atoms with van der Waals surface area (Å²) in [6, 6.07) is 4.69.